The molecular formula is C35H19NS. The molecular weight excluding hydrogens is 466 g/mol. The van der Waals surface area contributed by atoms with Gasteiger partial charge < -0.3 is 0 Å². The SMILES string of the molecule is c1ccc2c(c1)-c1cccc3c(-c4cccc5c4-c4nc6ccccc6c6cccc(c46)S5)ccc-2c13. The summed E-state index contributed by atoms with van der Waals surface area (Å²) < 4.78 is 0. The first kappa shape index (κ1) is 19.7. The number of hydrogen-bond donors (Lipinski definition) is 0. The highest BCUT2D eigenvalue weighted by molar-refractivity contribution is 7.99. The minimum atomic E-state index is 1.05. The molecule has 0 spiro atoms. The van der Waals surface area contributed by atoms with Crippen molar-refractivity contribution in [3.8, 4) is 44.6 Å². The van der Waals surface area contributed by atoms with Crippen molar-refractivity contribution in [2.75, 3.05) is 0 Å². The van der Waals surface area contributed by atoms with Crippen molar-refractivity contribution in [3.05, 3.63) is 115 Å². The Bertz CT molecular complexity index is 2090. The molecule has 0 unspecified atom stereocenters. The topological polar surface area (TPSA) is 12.9 Å². The molecule has 2 heteroatoms. The van der Waals surface area contributed by atoms with Gasteiger partial charge in [-0.3, -0.25) is 0 Å². The number of rotatable bonds is 1. The lowest BCUT2D eigenvalue weighted by molar-refractivity contribution is 1.32. The minimum absolute atomic E-state index is 1.05. The first-order valence-electron chi connectivity index (χ1n) is 12.7. The van der Waals surface area contributed by atoms with Crippen LogP contribution in [0.15, 0.2) is 125 Å². The molecule has 1 aliphatic carbocycles. The summed E-state index contributed by atoms with van der Waals surface area (Å²) in [5, 5.41) is 6.43. The average Bonchev–Trinajstić information content (AvgIpc) is 3.28. The summed E-state index contributed by atoms with van der Waals surface area (Å²) in [5.74, 6) is 0. The summed E-state index contributed by atoms with van der Waals surface area (Å²) in [6, 6.07) is 42.1. The average molecular weight is 486 g/mol. The zero-order valence-electron chi connectivity index (χ0n) is 19.8. The van der Waals surface area contributed by atoms with Gasteiger partial charge in [0.15, 0.2) is 0 Å². The van der Waals surface area contributed by atoms with Crippen LogP contribution < -0.4 is 0 Å². The van der Waals surface area contributed by atoms with Crippen molar-refractivity contribution >= 4 is 44.2 Å². The first-order valence-corrected chi connectivity index (χ1v) is 13.5. The van der Waals surface area contributed by atoms with Crippen LogP contribution >= 0.6 is 11.8 Å². The molecule has 7 aromatic rings. The van der Waals surface area contributed by atoms with Crippen molar-refractivity contribution in [1.82, 2.24) is 4.98 Å². The first-order chi connectivity index (χ1) is 18.4. The maximum Gasteiger partial charge on any atom is 0.0817 e. The van der Waals surface area contributed by atoms with E-state index < -0.39 is 0 Å². The second-order valence-corrected chi connectivity index (χ2v) is 11.0. The van der Waals surface area contributed by atoms with E-state index in [0.29, 0.717) is 0 Å². The molecule has 170 valence electrons. The Balaban J connectivity index is 1.40. The highest BCUT2D eigenvalue weighted by Crippen LogP contribution is 2.54. The Kier molecular flexibility index (Phi) is 3.78. The van der Waals surface area contributed by atoms with Crippen molar-refractivity contribution in [1.29, 1.82) is 0 Å². The Hall–Kier alpha value is -4.40. The molecule has 0 fully saturated rings. The van der Waals surface area contributed by atoms with Crippen molar-refractivity contribution in [2.45, 2.75) is 9.79 Å². The van der Waals surface area contributed by atoms with Gasteiger partial charge in [-0.2, -0.15) is 0 Å². The highest BCUT2D eigenvalue weighted by Gasteiger charge is 2.27. The van der Waals surface area contributed by atoms with Gasteiger partial charge in [-0.25, -0.2) is 4.98 Å². The molecule has 0 bridgehead atoms. The third-order valence-electron chi connectivity index (χ3n) is 8.01. The van der Waals surface area contributed by atoms with Gasteiger partial charge in [0.2, 0.25) is 0 Å². The number of nitrogens with zero attached hydrogens (tertiary/aromatic N) is 1. The van der Waals surface area contributed by atoms with Crippen LogP contribution in [0.25, 0.3) is 77.1 Å². The summed E-state index contributed by atoms with van der Waals surface area (Å²) >= 11 is 1.87. The van der Waals surface area contributed by atoms with Crippen LogP contribution in [0.3, 0.4) is 0 Å². The van der Waals surface area contributed by atoms with Crippen LogP contribution in [-0.2, 0) is 0 Å². The number of aromatic nitrogens is 1. The molecule has 1 aliphatic heterocycles. The molecule has 0 radical (unpaired) electrons. The van der Waals surface area contributed by atoms with E-state index in [0.717, 1.165) is 11.2 Å². The van der Waals surface area contributed by atoms with E-state index in [-0.39, 0.29) is 0 Å². The van der Waals surface area contributed by atoms with Crippen LogP contribution in [0.5, 0.6) is 0 Å². The van der Waals surface area contributed by atoms with Gasteiger partial charge in [0, 0.05) is 26.1 Å². The number of para-hydroxylation sites is 1. The number of fused-ring (bicyclic) bond motifs is 7. The summed E-state index contributed by atoms with van der Waals surface area (Å²) in [5.41, 5.74) is 11.2. The Morgan fingerprint density at radius 1 is 0.405 bits per heavy atom. The van der Waals surface area contributed by atoms with E-state index in [4.69, 9.17) is 4.98 Å². The molecule has 0 N–H and O–H groups in total. The summed E-state index contributed by atoms with van der Waals surface area (Å²) in [4.78, 5) is 7.86. The third-order valence-corrected chi connectivity index (χ3v) is 9.13. The molecule has 37 heavy (non-hydrogen) atoms. The fraction of sp³-hybridized carbons (Fsp3) is 0. The maximum atomic E-state index is 5.31. The van der Waals surface area contributed by atoms with Gasteiger partial charge in [-0.15, -0.1) is 0 Å². The van der Waals surface area contributed by atoms with Crippen molar-refractivity contribution in [3.63, 3.8) is 0 Å². The third kappa shape index (κ3) is 2.53. The lowest BCUT2D eigenvalue weighted by Gasteiger charge is -2.23. The maximum absolute atomic E-state index is 5.31. The number of benzene rings is 6. The van der Waals surface area contributed by atoms with E-state index >= 15 is 0 Å². The van der Waals surface area contributed by atoms with Crippen LogP contribution in [-0.4, -0.2) is 4.98 Å². The second-order valence-electron chi connectivity index (χ2n) is 9.87. The van der Waals surface area contributed by atoms with Gasteiger partial charge in [-0.05, 0) is 67.7 Å². The smallest absolute Gasteiger partial charge is 0.0817 e. The normalized spacial score (nSPS) is 12.8. The minimum Gasteiger partial charge on any atom is -0.247 e. The highest BCUT2D eigenvalue weighted by atomic mass is 32.2. The van der Waals surface area contributed by atoms with Crippen LogP contribution in [0, 0.1) is 0 Å². The molecule has 9 rings (SSSR count). The van der Waals surface area contributed by atoms with Gasteiger partial charge in [0.25, 0.3) is 0 Å². The summed E-state index contributed by atoms with van der Waals surface area (Å²) in [7, 11) is 0. The molecule has 1 nitrogen and oxygen atoms in total. The Labute approximate surface area is 218 Å². The van der Waals surface area contributed by atoms with Crippen LogP contribution in [0.1, 0.15) is 0 Å². The molecule has 0 amide bonds. The lowest BCUT2D eigenvalue weighted by atomic mass is 9.89. The standard InChI is InChI=1S/C35H19NS/c1-2-9-21-20(8-1)24-11-5-12-25-22(18-19-28(21)32(24)25)26-13-6-16-30-33(26)35-34-27(14-7-17-31(34)37-30)23-10-3-4-15-29(23)36-35/h1-19H. The molecule has 1 aromatic heterocycles. The summed E-state index contributed by atoms with van der Waals surface area (Å²) in [6.07, 6.45) is 0. The number of hydrogen-bond acceptors (Lipinski definition) is 2. The molecule has 0 saturated heterocycles. The van der Waals surface area contributed by atoms with E-state index in [1.807, 2.05) is 11.8 Å². The molecule has 2 aliphatic rings. The quantitative estimate of drug-likeness (QED) is 0.215. The largest absolute Gasteiger partial charge is 0.247 e. The summed E-state index contributed by atoms with van der Waals surface area (Å²) in [6.45, 7) is 0. The monoisotopic (exact) mass is 485 g/mol. The Morgan fingerprint density at radius 3 is 1.95 bits per heavy atom. The molecule has 0 atom stereocenters. The molecule has 6 aromatic carbocycles. The molecule has 0 saturated carbocycles. The van der Waals surface area contributed by atoms with Gasteiger partial charge in [0.05, 0.1) is 11.2 Å². The predicted octanol–water partition coefficient (Wildman–Crippen LogP) is 9.99. The Morgan fingerprint density at radius 2 is 1.03 bits per heavy atom. The lowest BCUT2D eigenvalue weighted by Crippen LogP contribution is -1.99. The van der Waals surface area contributed by atoms with Gasteiger partial charge in [-0.1, -0.05) is 109 Å². The van der Waals surface area contributed by atoms with Gasteiger partial charge in [0.1, 0.15) is 0 Å². The van der Waals surface area contributed by atoms with E-state index in [1.54, 1.807) is 0 Å². The van der Waals surface area contributed by atoms with Crippen LogP contribution in [0.4, 0.5) is 0 Å². The number of pyridine rings is 1. The molecule has 2 heterocycles. The van der Waals surface area contributed by atoms with Crippen LogP contribution in [0.2, 0.25) is 0 Å². The van der Waals surface area contributed by atoms with Gasteiger partial charge >= 0.3 is 0 Å². The van der Waals surface area contributed by atoms with Crippen molar-refractivity contribution in [2.24, 2.45) is 0 Å². The second kappa shape index (κ2) is 7.09. The fourth-order valence-electron chi connectivity index (χ4n) is 6.49. The van der Waals surface area contributed by atoms with Crippen molar-refractivity contribution < 1.29 is 0 Å². The zero-order valence-corrected chi connectivity index (χ0v) is 20.6. The van der Waals surface area contributed by atoms with E-state index in [2.05, 4.69) is 115 Å². The van der Waals surface area contributed by atoms with E-state index in [1.165, 1.54) is 75.7 Å². The van der Waals surface area contributed by atoms with E-state index in [9.17, 15) is 0 Å². The fourth-order valence-corrected chi connectivity index (χ4v) is 7.64. The zero-order chi connectivity index (χ0) is 24.1. The predicted molar refractivity (Wildman–Crippen MR) is 156 cm³/mol.